The number of hydrogen-bond donors (Lipinski definition) is 1. The van der Waals surface area contributed by atoms with Gasteiger partial charge in [-0.25, -0.2) is 10.1 Å². The third kappa shape index (κ3) is 1.29. The van der Waals surface area contributed by atoms with Crippen LogP contribution in [0.3, 0.4) is 0 Å². The van der Waals surface area contributed by atoms with Gasteiger partial charge in [-0.3, -0.25) is 4.79 Å². The first-order valence-corrected chi connectivity index (χ1v) is 4.08. The topological polar surface area (TPSA) is 58.6 Å². The Morgan fingerprint density at radius 3 is 3.00 bits per heavy atom. The van der Waals surface area contributed by atoms with Gasteiger partial charge in [0.05, 0.1) is 5.69 Å². The molecule has 2 aromatic heterocycles. The Balaban J connectivity index is 3.01. The van der Waals surface area contributed by atoms with Gasteiger partial charge in [0.15, 0.2) is 0 Å². The number of H-pyrrole nitrogens is 1. The highest BCUT2D eigenvalue weighted by Gasteiger charge is 2.03. The molecule has 13 heavy (non-hydrogen) atoms. The molecule has 0 aromatic carbocycles. The zero-order chi connectivity index (χ0) is 9.42. The fraction of sp³-hybridized carbons (Fsp3) is 0.125. The minimum atomic E-state index is -0.317. The molecule has 0 bridgehead atoms. The zero-order valence-electron chi connectivity index (χ0n) is 6.84. The summed E-state index contributed by atoms with van der Waals surface area (Å²) in [6.07, 6.45) is 0. The second-order valence-electron chi connectivity index (χ2n) is 2.67. The van der Waals surface area contributed by atoms with E-state index in [-0.39, 0.29) is 5.56 Å². The van der Waals surface area contributed by atoms with Crippen LogP contribution >= 0.6 is 11.6 Å². The quantitative estimate of drug-likeness (QED) is 0.645. The highest BCUT2D eigenvalue weighted by atomic mass is 35.5. The monoisotopic (exact) mass is 195 g/mol. The smallest absolute Gasteiger partial charge is 0.266 e. The second-order valence-corrected chi connectivity index (χ2v) is 3.06. The molecule has 0 saturated carbocycles. The third-order valence-corrected chi connectivity index (χ3v) is 2.00. The molecule has 0 atom stereocenters. The van der Waals surface area contributed by atoms with Crippen LogP contribution in [0.15, 0.2) is 16.9 Å². The maximum atomic E-state index is 11.2. The standard InChI is InChI=1S/C8H6ClN3O/c1-4-5-2-3-6(9)10-7(5)8(13)12-11-4/h2-3H,1H3,(H,12,13). The first kappa shape index (κ1) is 8.19. The Hall–Kier alpha value is -1.42. The second kappa shape index (κ2) is 2.81. The van der Waals surface area contributed by atoms with Crippen LogP contribution in [-0.2, 0) is 0 Å². The molecule has 2 heterocycles. The Labute approximate surface area is 78.6 Å². The molecule has 2 rings (SSSR count). The summed E-state index contributed by atoms with van der Waals surface area (Å²) in [5.41, 5.74) is 0.752. The zero-order valence-corrected chi connectivity index (χ0v) is 7.59. The number of halogens is 1. The summed E-state index contributed by atoms with van der Waals surface area (Å²) < 4.78 is 0. The third-order valence-electron chi connectivity index (χ3n) is 1.79. The molecule has 0 spiro atoms. The maximum absolute atomic E-state index is 11.2. The summed E-state index contributed by atoms with van der Waals surface area (Å²) in [5, 5.41) is 7.20. The Kier molecular flexibility index (Phi) is 1.77. The van der Waals surface area contributed by atoms with Crippen molar-refractivity contribution in [2.75, 3.05) is 0 Å². The fourth-order valence-electron chi connectivity index (χ4n) is 1.15. The number of fused-ring (bicyclic) bond motifs is 1. The lowest BCUT2D eigenvalue weighted by Gasteiger charge is -1.98. The van der Waals surface area contributed by atoms with Crippen molar-refractivity contribution in [1.82, 2.24) is 15.2 Å². The van der Waals surface area contributed by atoms with Crippen LogP contribution in [0.2, 0.25) is 5.15 Å². The van der Waals surface area contributed by atoms with Crippen molar-refractivity contribution in [3.63, 3.8) is 0 Å². The first-order chi connectivity index (χ1) is 6.18. The van der Waals surface area contributed by atoms with Crippen molar-refractivity contribution in [3.8, 4) is 0 Å². The van der Waals surface area contributed by atoms with Crippen molar-refractivity contribution < 1.29 is 0 Å². The average Bonchev–Trinajstić information content (AvgIpc) is 2.12. The van der Waals surface area contributed by atoms with E-state index in [1.165, 1.54) is 0 Å². The number of hydrogen-bond acceptors (Lipinski definition) is 3. The normalized spacial score (nSPS) is 10.6. The Bertz CT molecular complexity index is 520. The van der Waals surface area contributed by atoms with E-state index >= 15 is 0 Å². The number of nitrogens with zero attached hydrogens (tertiary/aromatic N) is 2. The molecule has 0 fully saturated rings. The van der Waals surface area contributed by atoms with Gasteiger partial charge in [0, 0.05) is 5.39 Å². The molecular weight excluding hydrogens is 190 g/mol. The molecule has 0 saturated heterocycles. The predicted octanol–water partition coefficient (Wildman–Crippen LogP) is 1.28. The van der Waals surface area contributed by atoms with E-state index in [2.05, 4.69) is 15.2 Å². The van der Waals surface area contributed by atoms with Gasteiger partial charge in [0.1, 0.15) is 10.7 Å². The van der Waals surface area contributed by atoms with Crippen LogP contribution in [0.25, 0.3) is 10.9 Å². The molecule has 0 aliphatic rings. The van der Waals surface area contributed by atoms with E-state index in [4.69, 9.17) is 11.6 Å². The average molecular weight is 196 g/mol. The molecule has 0 amide bonds. The Morgan fingerprint density at radius 2 is 2.23 bits per heavy atom. The first-order valence-electron chi connectivity index (χ1n) is 3.70. The van der Waals surface area contributed by atoms with Gasteiger partial charge in [-0.1, -0.05) is 11.6 Å². The minimum absolute atomic E-state index is 0.309. The highest BCUT2D eigenvalue weighted by Crippen LogP contribution is 2.13. The largest absolute Gasteiger partial charge is 0.290 e. The number of pyridine rings is 1. The molecule has 1 N–H and O–H groups in total. The Morgan fingerprint density at radius 1 is 1.46 bits per heavy atom. The number of nitrogens with one attached hydrogen (secondary N) is 1. The van der Waals surface area contributed by atoms with Crippen molar-refractivity contribution >= 4 is 22.5 Å². The van der Waals surface area contributed by atoms with Gasteiger partial charge in [-0.05, 0) is 19.1 Å². The van der Waals surface area contributed by atoms with Gasteiger partial charge in [-0.2, -0.15) is 5.10 Å². The SMILES string of the molecule is Cc1n[nH]c(=O)c2nc(Cl)ccc12. The lowest BCUT2D eigenvalue weighted by Crippen LogP contribution is -2.11. The van der Waals surface area contributed by atoms with Gasteiger partial charge < -0.3 is 0 Å². The van der Waals surface area contributed by atoms with E-state index in [1.807, 2.05) is 0 Å². The molecule has 5 heteroatoms. The molecule has 4 nitrogen and oxygen atoms in total. The summed E-state index contributed by atoms with van der Waals surface area (Å²) in [6.45, 7) is 1.80. The number of aromatic nitrogens is 3. The molecule has 0 unspecified atom stereocenters. The van der Waals surface area contributed by atoms with Crippen LogP contribution < -0.4 is 5.56 Å². The van der Waals surface area contributed by atoms with E-state index in [9.17, 15) is 4.79 Å². The summed E-state index contributed by atoms with van der Waals surface area (Å²) in [5.74, 6) is 0. The van der Waals surface area contributed by atoms with Crippen molar-refractivity contribution in [2.24, 2.45) is 0 Å². The van der Waals surface area contributed by atoms with Gasteiger partial charge in [-0.15, -0.1) is 0 Å². The van der Waals surface area contributed by atoms with Crippen molar-refractivity contribution in [3.05, 3.63) is 33.3 Å². The van der Waals surface area contributed by atoms with Crippen LogP contribution in [0, 0.1) is 6.92 Å². The van der Waals surface area contributed by atoms with Crippen LogP contribution in [0.1, 0.15) is 5.69 Å². The van der Waals surface area contributed by atoms with Gasteiger partial charge in [0.25, 0.3) is 5.56 Å². The summed E-state index contributed by atoms with van der Waals surface area (Å²) in [7, 11) is 0. The predicted molar refractivity (Wildman–Crippen MR) is 49.9 cm³/mol. The summed E-state index contributed by atoms with van der Waals surface area (Å²) in [4.78, 5) is 15.2. The van der Waals surface area contributed by atoms with E-state index in [1.54, 1.807) is 19.1 Å². The minimum Gasteiger partial charge on any atom is -0.266 e. The number of aromatic amines is 1. The number of aryl methyl sites for hydroxylation is 1. The molecular formula is C8H6ClN3O. The summed E-state index contributed by atoms with van der Waals surface area (Å²) >= 11 is 5.66. The molecule has 66 valence electrons. The lowest BCUT2D eigenvalue weighted by molar-refractivity contribution is 0.964. The van der Waals surface area contributed by atoms with E-state index in [0.717, 1.165) is 11.1 Å². The lowest BCUT2D eigenvalue weighted by atomic mass is 10.2. The fourth-order valence-corrected chi connectivity index (χ4v) is 1.30. The van der Waals surface area contributed by atoms with E-state index in [0.29, 0.717) is 10.7 Å². The van der Waals surface area contributed by atoms with Crippen LogP contribution in [-0.4, -0.2) is 15.2 Å². The molecule has 0 radical (unpaired) electrons. The highest BCUT2D eigenvalue weighted by molar-refractivity contribution is 6.29. The molecule has 0 aliphatic heterocycles. The van der Waals surface area contributed by atoms with Crippen molar-refractivity contribution in [2.45, 2.75) is 6.92 Å². The van der Waals surface area contributed by atoms with Crippen LogP contribution in [0.4, 0.5) is 0 Å². The van der Waals surface area contributed by atoms with Crippen molar-refractivity contribution in [1.29, 1.82) is 0 Å². The maximum Gasteiger partial charge on any atom is 0.290 e. The van der Waals surface area contributed by atoms with Gasteiger partial charge in [0.2, 0.25) is 0 Å². The molecule has 0 aliphatic carbocycles. The number of rotatable bonds is 0. The van der Waals surface area contributed by atoms with Gasteiger partial charge >= 0.3 is 0 Å². The van der Waals surface area contributed by atoms with E-state index < -0.39 is 0 Å². The molecule has 2 aromatic rings. The van der Waals surface area contributed by atoms with Crippen LogP contribution in [0.5, 0.6) is 0 Å². The summed E-state index contributed by atoms with van der Waals surface area (Å²) in [6, 6.07) is 3.38.